The fraction of sp³-hybridized carbons (Fsp3) is 0.125. The lowest BCUT2D eigenvalue weighted by atomic mass is 10.2. The standard InChI is InChI=1S/C16H14ClNO2/c1-20-16-5-2-11(8-14(16)17)10-18-7-6-12-9-13(19)3-4-15(12)18/h2-9,19H,10H2,1H3. The molecule has 0 atom stereocenters. The molecule has 0 unspecified atom stereocenters. The molecule has 0 saturated carbocycles. The van der Waals surface area contributed by atoms with Gasteiger partial charge >= 0.3 is 0 Å². The number of halogens is 1. The van der Waals surface area contributed by atoms with Gasteiger partial charge in [0.25, 0.3) is 0 Å². The van der Waals surface area contributed by atoms with Crippen molar-refractivity contribution in [3.63, 3.8) is 0 Å². The molecule has 1 heterocycles. The second kappa shape index (κ2) is 5.10. The maximum absolute atomic E-state index is 9.48. The zero-order chi connectivity index (χ0) is 14.1. The van der Waals surface area contributed by atoms with Crippen LogP contribution in [0.1, 0.15) is 5.56 Å². The summed E-state index contributed by atoms with van der Waals surface area (Å²) >= 11 is 6.14. The molecular weight excluding hydrogens is 274 g/mol. The molecule has 0 bridgehead atoms. The van der Waals surface area contributed by atoms with Gasteiger partial charge in [-0.2, -0.15) is 0 Å². The Hall–Kier alpha value is -2.13. The lowest BCUT2D eigenvalue weighted by Gasteiger charge is -2.08. The number of aromatic hydroxyl groups is 1. The first-order valence-electron chi connectivity index (χ1n) is 6.27. The molecule has 3 nitrogen and oxygen atoms in total. The largest absolute Gasteiger partial charge is 0.508 e. The van der Waals surface area contributed by atoms with Crippen LogP contribution < -0.4 is 4.74 Å². The highest BCUT2D eigenvalue weighted by Crippen LogP contribution is 2.26. The van der Waals surface area contributed by atoms with Crippen molar-refractivity contribution in [2.45, 2.75) is 6.54 Å². The van der Waals surface area contributed by atoms with E-state index in [4.69, 9.17) is 16.3 Å². The number of ether oxygens (including phenoxy) is 1. The van der Waals surface area contributed by atoms with E-state index in [1.165, 1.54) is 0 Å². The minimum atomic E-state index is 0.280. The number of methoxy groups -OCH3 is 1. The first-order valence-corrected chi connectivity index (χ1v) is 6.65. The Bertz CT molecular complexity index is 764. The van der Waals surface area contributed by atoms with Crippen LogP contribution in [0.15, 0.2) is 48.7 Å². The van der Waals surface area contributed by atoms with Crippen molar-refractivity contribution in [1.82, 2.24) is 4.57 Å². The van der Waals surface area contributed by atoms with Crippen molar-refractivity contribution in [3.05, 3.63) is 59.2 Å². The van der Waals surface area contributed by atoms with Gasteiger partial charge in [-0.1, -0.05) is 17.7 Å². The molecule has 1 aromatic heterocycles. The van der Waals surface area contributed by atoms with Gasteiger partial charge in [0.15, 0.2) is 0 Å². The SMILES string of the molecule is COc1ccc(Cn2ccc3cc(O)ccc32)cc1Cl. The molecule has 102 valence electrons. The average molecular weight is 288 g/mol. The summed E-state index contributed by atoms with van der Waals surface area (Å²) in [5, 5.41) is 11.1. The Kier molecular flexibility index (Phi) is 3.28. The van der Waals surface area contributed by atoms with Crippen LogP contribution in [0.4, 0.5) is 0 Å². The molecule has 0 aliphatic heterocycles. The number of hydrogen-bond donors (Lipinski definition) is 1. The Morgan fingerprint density at radius 3 is 2.75 bits per heavy atom. The molecule has 0 radical (unpaired) electrons. The summed E-state index contributed by atoms with van der Waals surface area (Å²) in [7, 11) is 1.60. The zero-order valence-corrected chi connectivity index (χ0v) is 11.8. The summed E-state index contributed by atoms with van der Waals surface area (Å²) in [6, 6.07) is 13.1. The number of fused-ring (bicyclic) bond motifs is 1. The molecule has 0 fully saturated rings. The third-order valence-corrected chi connectivity index (χ3v) is 3.62. The van der Waals surface area contributed by atoms with E-state index in [0.717, 1.165) is 23.0 Å². The molecule has 20 heavy (non-hydrogen) atoms. The van der Waals surface area contributed by atoms with E-state index in [0.29, 0.717) is 10.8 Å². The summed E-state index contributed by atoms with van der Waals surface area (Å²) in [4.78, 5) is 0. The van der Waals surface area contributed by atoms with Crippen LogP contribution in [0.25, 0.3) is 10.9 Å². The van der Waals surface area contributed by atoms with Crippen molar-refractivity contribution < 1.29 is 9.84 Å². The van der Waals surface area contributed by atoms with Gasteiger partial charge in [-0.05, 0) is 42.0 Å². The fourth-order valence-electron chi connectivity index (χ4n) is 2.33. The first-order chi connectivity index (χ1) is 9.67. The molecule has 0 aliphatic rings. The van der Waals surface area contributed by atoms with Gasteiger partial charge < -0.3 is 14.4 Å². The first kappa shape index (κ1) is 12.9. The van der Waals surface area contributed by atoms with Crippen LogP contribution in [0.3, 0.4) is 0 Å². The van der Waals surface area contributed by atoms with Gasteiger partial charge in [0.05, 0.1) is 12.1 Å². The number of aromatic nitrogens is 1. The average Bonchev–Trinajstić information content (AvgIpc) is 2.81. The van der Waals surface area contributed by atoms with Crippen LogP contribution in [-0.4, -0.2) is 16.8 Å². The highest BCUT2D eigenvalue weighted by atomic mass is 35.5. The smallest absolute Gasteiger partial charge is 0.137 e. The number of benzene rings is 2. The Morgan fingerprint density at radius 1 is 1.15 bits per heavy atom. The second-order valence-electron chi connectivity index (χ2n) is 4.66. The Labute approximate surface area is 122 Å². The molecule has 0 spiro atoms. The number of rotatable bonds is 3. The number of phenolic OH excluding ortho intramolecular Hbond substituents is 1. The molecule has 3 rings (SSSR count). The number of phenols is 1. The van der Waals surface area contributed by atoms with Crippen molar-refractivity contribution in [2.75, 3.05) is 7.11 Å². The van der Waals surface area contributed by atoms with E-state index in [2.05, 4.69) is 4.57 Å². The lowest BCUT2D eigenvalue weighted by molar-refractivity contribution is 0.415. The van der Waals surface area contributed by atoms with E-state index in [9.17, 15) is 5.11 Å². The van der Waals surface area contributed by atoms with Gasteiger partial charge in [0, 0.05) is 23.6 Å². The van der Waals surface area contributed by atoms with E-state index in [1.807, 2.05) is 36.5 Å². The van der Waals surface area contributed by atoms with Crippen LogP contribution in [-0.2, 0) is 6.54 Å². The molecular formula is C16H14ClNO2. The van der Waals surface area contributed by atoms with Crippen molar-refractivity contribution in [2.24, 2.45) is 0 Å². The molecule has 3 aromatic rings. The molecule has 0 aliphatic carbocycles. The third kappa shape index (κ3) is 2.32. The van der Waals surface area contributed by atoms with E-state index >= 15 is 0 Å². The third-order valence-electron chi connectivity index (χ3n) is 3.32. The highest BCUT2D eigenvalue weighted by molar-refractivity contribution is 6.32. The van der Waals surface area contributed by atoms with Gasteiger partial charge in [0.2, 0.25) is 0 Å². The normalized spacial score (nSPS) is 10.9. The predicted molar refractivity (Wildman–Crippen MR) is 80.7 cm³/mol. The summed E-state index contributed by atoms with van der Waals surface area (Å²) in [6.45, 7) is 0.720. The molecule has 1 N–H and O–H groups in total. The maximum Gasteiger partial charge on any atom is 0.137 e. The van der Waals surface area contributed by atoms with Crippen molar-refractivity contribution in [3.8, 4) is 11.5 Å². The summed E-state index contributed by atoms with van der Waals surface area (Å²) < 4.78 is 7.27. The van der Waals surface area contributed by atoms with E-state index < -0.39 is 0 Å². The highest BCUT2D eigenvalue weighted by Gasteiger charge is 2.05. The zero-order valence-electron chi connectivity index (χ0n) is 11.0. The van der Waals surface area contributed by atoms with E-state index in [1.54, 1.807) is 19.2 Å². The molecule has 4 heteroatoms. The second-order valence-corrected chi connectivity index (χ2v) is 5.06. The van der Waals surface area contributed by atoms with Crippen LogP contribution in [0.2, 0.25) is 5.02 Å². The summed E-state index contributed by atoms with van der Waals surface area (Å²) in [5.41, 5.74) is 2.18. The summed E-state index contributed by atoms with van der Waals surface area (Å²) in [6.07, 6.45) is 2.00. The molecule has 2 aromatic carbocycles. The van der Waals surface area contributed by atoms with Crippen molar-refractivity contribution in [1.29, 1.82) is 0 Å². The van der Waals surface area contributed by atoms with Gasteiger partial charge in [-0.25, -0.2) is 0 Å². The number of hydrogen-bond acceptors (Lipinski definition) is 2. The quantitative estimate of drug-likeness (QED) is 0.788. The fourth-order valence-corrected chi connectivity index (χ4v) is 2.61. The minimum absolute atomic E-state index is 0.280. The Balaban J connectivity index is 1.95. The van der Waals surface area contributed by atoms with E-state index in [-0.39, 0.29) is 5.75 Å². The molecule has 0 saturated heterocycles. The monoisotopic (exact) mass is 287 g/mol. The van der Waals surface area contributed by atoms with Gasteiger partial charge in [-0.15, -0.1) is 0 Å². The summed E-state index contributed by atoms with van der Waals surface area (Å²) in [5.74, 6) is 0.959. The lowest BCUT2D eigenvalue weighted by Crippen LogP contribution is -1.98. The predicted octanol–water partition coefficient (Wildman–Crippen LogP) is 4.06. The maximum atomic E-state index is 9.48. The van der Waals surface area contributed by atoms with Crippen LogP contribution in [0.5, 0.6) is 11.5 Å². The Morgan fingerprint density at radius 2 is 2.00 bits per heavy atom. The van der Waals surface area contributed by atoms with Gasteiger partial charge in [-0.3, -0.25) is 0 Å². The van der Waals surface area contributed by atoms with Gasteiger partial charge in [0.1, 0.15) is 11.5 Å². The van der Waals surface area contributed by atoms with Crippen LogP contribution >= 0.6 is 11.6 Å². The van der Waals surface area contributed by atoms with Crippen molar-refractivity contribution >= 4 is 22.5 Å². The minimum Gasteiger partial charge on any atom is -0.508 e. The van der Waals surface area contributed by atoms with Crippen LogP contribution in [0, 0.1) is 0 Å². The topological polar surface area (TPSA) is 34.4 Å². The number of nitrogens with zero attached hydrogens (tertiary/aromatic N) is 1. The molecule has 0 amide bonds.